The fraction of sp³-hybridized carbons (Fsp3) is 0.750. The van der Waals surface area contributed by atoms with Crippen molar-refractivity contribution < 1.29 is 9.90 Å². The molecule has 0 unspecified atom stereocenters. The maximum absolute atomic E-state index is 8.81. The minimum Gasteiger partial charge on any atom is -0.397 e. The molecule has 0 rings (SSSR count). The van der Waals surface area contributed by atoms with E-state index in [4.69, 9.17) is 9.90 Å². The molecule has 0 aromatic heterocycles. The van der Waals surface area contributed by atoms with E-state index >= 15 is 0 Å². The van der Waals surface area contributed by atoms with Crippen molar-refractivity contribution in [3.8, 4) is 0 Å². The third kappa shape index (κ3) is 14200. The molecule has 46 valence electrons. The molecule has 0 spiro atoms. The van der Waals surface area contributed by atoms with E-state index < -0.39 is 0 Å². The number of hydrogen-bond donors (Lipinski definition) is 1. The number of carbonyl (C=O) groups excluding carboxylic acids is 1. The molecule has 0 aliphatic heterocycles. The van der Waals surface area contributed by atoms with Crippen molar-refractivity contribution in [2.75, 3.05) is 6.61 Å². The van der Waals surface area contributed by atoms with Crippen molar-refractivity contribution >= 4 is 18.7 Å². The Hall–Kier alpha value is -0.0800. The number of rotatable bonds is 0. The van der Waals surface area contributed by atoms with Gasteiger partial charge in [0.15, 0.2) is 0 Å². The quantitative estimate of drug-likeness (QED) is 0.484. The highest BCUT2D eigenvalue weighted by Gasteiger charge is 1.34. The second-order valence-corrected chi connectivity index (χ2v) is 0.552. The van der Waals surface area contributed by atoms with Crippen LogP contribution < -0.4 is 0 Å². The van der Waals surface area contributed by atoms with Crippen LogP contribution in [-0.2, 0) is 4.79 Å². The lowest BCUT2D eigenvalue weighted by molar-refractivity contribution is -0.106. The fourth-order valence-electron chi connectivity index (χ4n) is 0. The summed E-state index contributed by atoms with van der Waals surface area (Å²) in [6.45, 7) is 3.38. The molecule has 0 fully saturated rings. The van der Waals surface area contributed by atoms with Gasteiger partial charge in [-0.3, -0.25) is 0 Å². The molecule has 0 saturated carbocycles. The Labute approximate surface area is 49.9 Å². The molecule has 0 atom stereocenters. The van der Waals surface area contributed by atoms with Gasteiger partial charge in [-0.05, 0) is 13.8 Å². The van der Waals surface area contributed by atoms with Gasteiger partial charge in [-0.15, -0.1) is 12.4 Å². The highest BCUT2D eigenvalue weighted by Crippen LogP contribution is 1.30. The summed E-state index contributed by atoms with van der Waals surface area (Å²) < 4.78 is 0. The number of aliphatic hydroxyl groups excluding tert-OH is 1. The summed E-state index contributed by atoms with van der Waals surface area (Å²) in [6.07, 6.45) is 0.750. The first-order valence-electron chi connectivity index (χ1n) is 1.84. The normalized spacial score (nSPS) is 4.43. The first-order chi connectivity index (χ1) is 2.83. The average Bonchev–Trinajstić information content (AvgIpc) is 1.39. The number of hydrogen-bond acceptors (Lipinski definition) is 2. The monoisotopic (exact) mass is 126 g/mol. The summed E-state index contributed by atoms with van der Waals surface area (Å²) in [5.41, 5.74) is 0. The van der Waals surface area contributed by atoms with E-state index in [9.17, 15) is 0 Å². The van der Waals surface area contributed by atoms with Crippen molar-refractivity contribution in [1.82, 2.24) is 0 Å². The van der Waals surface area contributed by atoms with E-state index in [0.29, 0.717) is 0 Å². The highest BCUT2D eigenvalue weighted by atomic mass is 35.5. The van der Waals surface area contributed by atoms with Gasteiger partial charge in [-0.25, -0.2) is 0 Å². The zero-order chi connectivity index (χ0) is 5.41. The molecule has 3 heteroatoms. The van der Waals surface area contributed by atoms with Gasteiger partial charge in [0.05, 0.1) is 0 Å². The van der Waals surface area contributed by atoms with Crippen LogP contribution in [0.5, 0.6) is 0 Å². The van der Waals surface area contributed by atoms with Gasteiger partial charge in [-0.2, -0.15) is 0 Å². The molecule has 0 radical (unpaired) electrons. The van der Waals surface area contributed by atoms with Crippen LogP contribution in [0.1, 0.15) is 13.8 Å². The summed E-state index contributed by atoms with van der Waals surface area (Å²) >= 11 is 0. The van der Waals surface area contributed by atoms with Crippen LogP contribution in [0.4, 0.5) is 0 Å². The maximum atomic E-state index is 8.81. The van der Waals surface area contributed by atoms with E-state index in [2.05, 4.69) is 0 Å². The Morgan fingerprint density at radius 2 is 1.71 bits per heavy atom. The number of aldehydes is 1. The minimum atomic E-state index is 0. The van der Waals surface area contributed by atoms with E-state index in [-0.39, 0.29) is 19.0 Å². The molecule has 2 nitrogen and oxygen atoms in total. The molecule has 0 aliphatic rings. The largest absolute Gasteiger partial charge is 0.397 e. The van der Waals surface area contributed by atoms with Gasteiger partial charge in [0, 0.05) is 6.61 Å². The van der Waals surface area contributed by atoms with Gasteiger partial charge in [0.25, 0.3) is 0 Å². The van der Waals surface area contributed by atoms with Crippen molar-refractivity contribution in [2.24, 2.45) is 0 Å². The van der Waals surface area contributed by atoms with Crippen molar-refractivity contribution in [3.63, 3.8) is 0 Å². The van der Waals surface area contributed by atoms with Crippen molar-refractivity contribution in [2.45, 2.75) is 13.8 Å². The molecular formula is C4H11ClO2. The SMILES string of the molecule is CC=O.CCO.Cl. The van der Waals surface area contributed by atoms with E-state index in [1.54, 1.807) is 6.92 Å². The molecule has 0 amide bonds. The van der Waals surface area contributed by atoms with Gasteiger partial charge in [0.2, 0.25) is 0 Å². The second kappa shape index (κ2) is 38.9. The predicted octanol–water partition coefficient (Wildman–Crippen LogP) is 0.626. The van der Waals surface area contributed by atoms with Crippen molar-refractivity contribution in [3.05, 3.63) is 0 Å². The van der Waals surface area contributed by atoms with Crippen LogP contribution in [-0.4, -0.2) is 18.0 Å². The Balaban J connectivity index is -0.0000000400. The number of halogens is 1. The summed E-state index contributed by atoms with van der Waals surface area (Å²) in [5.74, 6) is 0. The first-order valence-corrected chi connectivity index (χ1v) is 1.84. The summed E-state index contributed by atoms with van der Waals surface area (Å²) in [4.78, 5) is 8.81. The van der Waals surface area contributed by atoms with Gasteiger partial charge in [-0.1, -0.05) is 0 Å². The molecule has 0 heterocycles. The van der Waals surface area contributed by atoms with Crippen LogP contribution in [0.15, 0.2) is 0 Å². The van der Waals surface area contributed by atoms with Crippen LogP contribution in [0.3, 0.4) is 0 Å². The van der Waals surface area contributed by atoms with E-state index in [0.717, 1.165) is 6.29 Å². The smallest absolute Gasteiger partial charge is 0.116 e. The molecule has 1 N–H and O–H groups in total. The Bertz CT molecular complexity index is 23.7. The third-order valence-corrected chi connectivity index (χ3v) is 0. The van der Waals surface area contributed by atoms with Crippen LogP contribution in [0, 0.1) is 0 Å². The van der Waals surface area contributed by atoms with Crippen LogP contribution in [0.25, 0.3) is 0 Å². The van der Waals surface area contributed by atoms with Crippen LogP contribution in [0.2, 0.25) is 0 Å². The Morgan fingerprint density at radius 3 is 1.71 bits per heavy atom. The van der Waals surface area contributed by atoms with Gasteiger partial charge < -0.3 is 9.90 Å². The molecule has 0 aromatic carbocycles. The Kier molecular flexibility index (Phi) is 87.6. The lowest BCUT2D eigenvalue weighted by Gasteiger charge is -1.52. The molecule has 0 bridgehead atoms. The Morgan fingerprint density at radius 1 is 1.71 bits per heavy atom. The van der Waals surface area contributed by atoms with Gasteiger partial charge in [0.1, 0.15) is 6.29 Å². The van der Waals surface area contributed by atoms with E-state index in [1.165, 1.54) is 6.92 Å². The topological polar surface area (TPSA) is 37.3 Å². The second-order valence-electron chi connectivity index (χ2n) is 0.552. The highest BCUT2D eigenvalue weighted by molar-refractivity contribution is 5.85. The molecule has 7 heavy (non-hydrogen) atoms. The third-order valence-electron chi connectivity index (χ3n) is 0. The zero-order valence-corrected chi connectivity index (χ0v) is 5.36. The summed E-state index contributed by atoms with van der Waals surface area (Å²) in [6, 6.07) is 0. The van der Waals surface area contributed by atoms with Gasteiger partial charge >= 0.3 is 0 Å². The van der Waals surface area contributed by atoms with E-state index in [1.807, 2.05) is 0 Å². The lowest BCUT2D eigenvalue weighted by Crippen LogP contribution is -1.57. The number of aliphatic hydroxyl groups is 1. The predicted molar refractivity (Wildman–Crippen MR) is 31.7 cm³/mol. The maximum Gasteiger partial charge on any atom is 0.116 e. The first kappa shape index (κ1) is 15.8. The van der Waals surface area contributed by atoms with Crippen LogP contribution >= 0.6 is 12.4 Å². The minimum absolute atomic E-state index is 0. The zero-order valence-electron chi connectivity index (χ0n) is 4.55. The average molecular weight is 127 g/mol. The number of carbonyl (C=O) groups is 1. The fourth-order valence-corrected chi connectivity index (χ4v) is 0. The molecule has 0 aromatic rings. The summed E-state index contributed by atoms with van der Waals surface area (Å²) in [7, 11) is 0. The molecule has 0 saturated heterocycles. The molecular weight excluding hydrogens is 115 g/mol. The lowest BCUT2D eigenvalue weighted by atomic mass is 10.9. The standard InChI is InChI=1S/C2H6O.C2H4O.ClH/c2*1-2-3;/h3H,2H2,1H3;2H,1H3;1H. The van der Waals surface area contributed by atoms with Crippen molar-refractivity contribution in [1.29, 1.82) is 0 Å². The molecule has 0 aliphatic carbocycles. The summed E-state index contributed by atoms with van der Waals surface area (Å²) in [5, 5.41) is 7.57.